The third-order valence-electron chi connectivity index (χ3n) is 4.84. The first kappa shape index (κ1) is 12.4. The van der Waals surface area contributed by atoms with Crippen molar-refractivity contribution in [2.75, 3.05) is 6.54 Å². The molecule has 0 spiro atoms. The molecule has 2 saturated carbocycles. The average Bonchev–Trinajstić information content (AvgIpc) is 2.38. The van der Waals surface area contributed by atoms with E-state index in [1.165, 1.54) is 70.8 Å². The monoisotopic (exact) mass is 223 g/mol. The Kier molecular flexibility index (Phi) is 5.15. The van der Waals surface area contributed by atoms with Gasteiger partial charge in [0.15, 0.2) is 0 Å². The first-order valence-corrected chi connectivity index (χ1v) is 7.62. The van der Waals surface area contributed by atoms with Crippen LogP contribution in [0.4, 0.5) is 0 Å². The van der Waals surface area contributed by atoms with Crippen LogP contribution in [0.15, 0.2) is 0 Å². The second kappa shape index (κ2) is 6.64. The second-order valence-corrected chi connectivity index (χ2v) is 6.04. The molecule has 2 rings (SSSR count). The Morgan fingerprint density at radius 3 is 2.06 bits per heavy atom. The van der Waals surface area contributed by atoms with E-state index in [9.17, 15) is 0 Å². The van der Waals surface area contributed by atoms with Crippen LogP contribution in [0.3, 0.4) is 0 Å². The first-order valence-electron chi connectivity index (χ1n) is 7.62. The summed E-state index contributed by atoms with van der Waals surface area (Å²) >= 11 is 0. The molecule has 1 heteroatoms. The summed E-state index contributed by atoms with van der Waals surface area (Å²) in [6.45, 7) is 3.66. The minimum absolute atomic E-state index is 0.859. The van der Waals surface area contributed by atoms with Crippen LogP contribution >= 0.6 is 0 Å². The molecule has 0 radical (unpaired) electrons. The van der Waals surface area contributed by atoms with Gasteiger partial charge in [0.1, 0.15) is 0 Å². The highest BCUT2D eigenvalue weighted by molar-refractivity contribution is 4.77. The topological polar surface area (TPSA) is 12.0 Å². The number of nitrogens with one attached hydrogen (secondary N) is 1. The molecule has 2 aliphatic carbocycles. The smallest absolute Gasteiger partial charge is 0.00671 e. The summed E-state index contributed by atoms with van der Waals surface area (Å²) < 4.78 is 0. The minimum Gasteiger partial charge on any atom is -0.314 e. The highest BCUT2D eigenvalue weighted by Crippen LogP contribution is 2.30. The number of hydrogen-bond donors (Lipinski definition) is 1. The first-order chi connectivity index (χ1) is 7.88. The molecular formula is C15H29N. The van der Waals surface area contributed by atoms with Gasteiger partial charge in [-0.3, -0.25) is 0 Å². The van der Waals surface area contributed by atoms with Gasteiger partial charge < -0.3 is 5.32 Å². The fraction of sp³-hybridized carbons (Fsp3) is 1.00. The van der Waals surface area contributed by atoms with Crippen molar-refractivity contribution in [2.24, 2.45) is 11.8 Å². The molecule has 0 saturated heterocycles. The Hall–Kier alpha value is -0.0400. The molecule has 1 nitrogen and oxygen atoms in total. The van der Waals surface area contributed by atoms with Gasteiger partial charge >= 0.3 is 0 Å². The predicted molar refractivity (Wildman–Crippen MR) is 70.6 cm³/mol. The summed E-state index contributed by atoms with van der Waals surface area (Å²) in [4.78, 5) is 0. The van der Waals surface area contributed by atoms with Crippen molar-refractivity contribution >= 4 is 0 Å². The van der Waals surface area contributed by atoms with Crippen molar-refractivity contribution in [1.29, 1.82) is 0 Å². The lowest BCUT2D eigenvalue weighted by molar-refractivity contribution is 0.248. The van der Waals surface area contributed by atoms with E-state index < -0.39 is 0 Å². The van der Waals surface area contributed by atoms with Crippen LogP contribution < -0.4 is 5.32 Å². The number of hydrogen-bond acceptors (Lipinski definition) is 1. The molecule has 0 aromatic rings. The summed E-state index contributed by atoms with van der Waals surface area (Å²) in [5.74, 6) is 2.04. The highest BCUT2D eigenvalue weighted by atomic mass is 14.9. The fourth-order valence-corrected chi connectivity index (χ4v) is 3.48. The van der Waals surface area contributed by atoms with Gasteiger partial charge in [0.2, 0.25) is 0 Å². The Bertz CT molecular complexity index is 176. The molecule has 0 aliphatic heterocycles. The van der Waals surface area contributed by atoms with E-state index in [0.717, 1.165) is 17.9 Å². The minimum atomic E-state index is 0.859. The summed E-state index contributed by atoms with van der Waals surface area (Å²) in [6.07, 6.45) is 14.6. The van der Waals surface area contributed by atoms with Gasteiger partial charge in [-0.25, -0.2) is 0 Å². The quantitative estimate of drug-likeness (QED) is 0.756. The van der Waals surface area contributed by atoms with Gasteiger partial charge in [-0.05, 0) is 44.1 Å². The molecule has 2 aliphatic rings. The summed E-state index contributed by atoms with van der Waals surface area (Å²) in [5.41, 5.74) is 0. The van der Waals surface area contributed by atoms with Crippen LogP contribution in [0.1, 0.15) is 71.1 Å². The highest BCUT2D eigenvalue weighted by Gasteiger charge is 2.21. The molecule has 0 aromatic heterocycles. The molecule has 94 valence electrons. The van der Waals surface area contributed by atoms with Gasteiger partial charge in [-0.1, -0.05) is 45.4 Å². The largest absolute Gasteiger partial charge is 0.314 e. The van der Waals surface area contributed by atoms with Gasteiger partial charge in [0.05, 0.1) is 0 Å². The number of rotatable bonds is 4. The summed E-state index contributed by atoms with van der Waals surface area (Å²) in [5, 5.41) is 3.82. The maximum atomic E-state index is 3.82. The zero-order valence-corrected chi connectivity index (χ0v) is 11.0. The lowest BCUT2D eigenvalue weighted by atomic mass is 9.80. The van der Waals surface area contributed by atoms with Crippen LogP contribution in [-0.4, -0.2) is 12.6 Å². The van der Waals surface area contributed by atoms with Crippen molar-refractivity contribution in [3.63, 3.8) is 0 Å². The van der Waals surface area contributed by atoms with E-state index in [0.29, 0.717) is 0 Å². The SMILES string of the molecule is CCC1CCC(CNC2CCCCC2)CC1. The zero-order valence-electron chi connectivity index (χ0n) is 11.0. The van der Waals surface area contributed by atoms with Crippen molar-refractivity contribution in [2.45, 2.75) is 77.2 Å². The molecule has 1 N–H and O–H groups in total. The standard InChI is InChI=1S/C15H29N/c1-2-13-8-10-14(11-9-13)12-16-15-6-4-3-5-7-15/h13-16H,2-12H2,1H3. The third kappa shape index (κ3) is 3.76. The van der Waals surface area contributed by atoms with Gasteiger partial charge in [0, 0.05) is 6.04 Å². The van der Waals surface area contributed by atoms with Crippen LogP contribution in [0.5, 0.6) is 0 Å². The van der Waals surface area contributed by atoms with Gasteiger partial charge in [-0.15, -0.1) is 0 Å². The maximum Gasteiger partial charge on any atom is 0.00671 e. The summed E-state index contributed by atoms with van der Waals surface area (Å²) in [6, 6.07) is 0.859. The molecule has 0 bridgehead atoms. The van der Waals surface area contributed by atoms with E-state index >= 15 is 0 Å². The second-order valence-electron chi connectivity index (χ2n) is 6.04. The Morgan fingerprint density at radius 1 is 0.812 bits per heavy atom. The van der Waals surface area contributed by atoms with E-state index in [-0.39, 0.29) is 0 Å². The van der Waals surface area contributed by atoms with Crippen molar-refractivity contribution in [1.82, 2.24) is 5.32 Å². The molecule has 0 unspecified atom stereocenters. The normalized spacial score (nSPS) is 32.8. The molecular weight excluding hydrogens is 194 g/mol. The predicted octanol–water partition coefficient (Wildman–Crippen LogP) is 4.13. The Morgan fingerprint density at radius 2 is 1.44 bits per heavy atom. The third-order valence-corrected chi connectivity index (χ3v) is 4.84. The zero-order chi connectivity index (χ0) is 11.2. The Labute approximate surface area is 101 Å². The molecule has 0 amide bonds. The van der Waals surface area contributed by atoms with Crippen LogP contribution in [0.25, 0.3) is 0 Å². The Balaban J connectivity index is 1.59. The molecule has 0 heterocycles. The average molecular weight is 223 g/mol. The van der Waals surface area contributed by atoms with Crippen LogP contribution in [-0.2, 0) is 0 Å². The summed E-state index contributed by atoms with van der Waals surface area (Å²) in [7, 11) is 0. The molecule has 0 atom stereocenters. The fourth-order valence-electron chi connectivity index (χ4n) is 3.48. The van der Waals surface area contributed by atoms with Crippen LogP contribution in [0.2, 0.25) is 0 Å². The molecule has 2 fully saturated rings. The maximum absolute atomic E-state index is 3.82. The molecule has 16 heavy (non-hydrogen) atoms. The van der Waals surface area contributed by atoms with E-state index in [2.05, 4.69) is 12.2 Å². The van der Waals surface area contributed by atoms with Gasteiger partial charge in [-0.2, -0.15) is 0 Å². The van der Waals surface area contributed by atoms with Crippen molar-refractivity contribution in [3.05, 3.63) is 0 Å². The van der Waals surface area contributed by atoms with E-state index in [4.69, 9.17) is 0 Å². The van der Waals surface area contributed by atoms with Crippen molar-refractivity contribution < 1.29 is 0 Å². The van der Waals surface area contributed by atoms with E-state index in [1.807, 2.05) is 0 Å². The van der Waals surface area contributed by atoms with Gasteiger partial charge in [0.25, 0.3) is 0 Å². The van der Waals surface area contributed by atoms with Crippen molar-refractivity contribution in [3.8, 4) is 0 Å². The lowest BCUT2D eigenvalue weighted by Crippen LogP contribution is -2.35. The van der Waals surface area contributed by atoms with E-state index in [1.54, 1.807) is 0 Å². The molecule has 0 aromatic carbocycles. The van der Waals surface area contributed by atoms with Crippen LogP contribution in [0, 0.1) is 11.8 Å². The lowest BCUT2D eigenvalue weighted by Gasteiger charge is -2.30.